The number of fused-ring (bicyclic) bond motifs is 1. The van der Waals surface area contributed by atoms with E-state index in [9.17, 15) is 14.7 Å². The zero-order valence-corrected chi connectivity index (χ0v) is 12.2. The molecule has 0 saturated heterocycles. The van der Waals surface area contributed by atoms with Gasteiger partial charge < -0.3 is 14.7 Å². The van der Waals surface area contributed by atoms with Crippen LogP contribution < -0.4 is 0 Å². The zero-order valence-electron chi connectivity index (χ0n) is 12.2. The Kier molecular flexibility index (Phi) is 5.33. The van der Waals surface area contributed by atoms with Gasteiger partial charge in [0, 0.05) is 32.7 Å². The number of ether oxygens (including phenoxy) is 1. The number of hydrogen-bond donors (Lipinski definition) is 1. The van der Waals surface area contributed by atoms with Gasteiger partial charge in [0.25, 0.3) is 0 Å². The summed E-state index contributed by atoms with van der Waals surface area (Å²) in [6.45, 7) is 3.87. The third-order valence-corrected chi connectivity index (χ3v) is 3.73. The van der Waals surface area contributed by atoms with Gasteiger partial charge in [-0.2, -0.15) is 0 Å². The first-order chi connectivity index (χ1) is 10.1. The fraction of sp³-hybridized carbons (Fsp3) is 0.500. The third kappa shape index (κ3) is 3.82. The minimum absolute atomic E-state index is 0.00421. The summed E-state index contributed by atoms with van der Waals surface area (Å²) in [7, 11) is 0. The topological polar surface area (TPSA) is 66.8 Å². The molecule has 0 fully saturated rings. The molecule has 0 saturated carbocycles. The fourth-order valence-corrected chi connectivity index (χ4v) is 2.64. The van der Waals surface area contributed by atoms with Crippen LogP contribution in [0.15, 0.2) is 24.3 Å². The van der Waals surface area contributed by atoms with Gasteiger partial charge in [-0.25, -0.2) is 0 Å². The first-order valence-electron chi connectivity index (χ1n) is 7.29. The van der Waals surface area contributed by atoms with Crippen LogP contribution in [0.4, 0.5) is 0 Å². The number of hydrogen-bond acceptors (Lipinski definition) is 3. The number of carbonyl (C=O) groups excluding carboxylic acids is 1. The van der Waals surface area contributed by atoms with Crippen LogP contribution in [-0.2, 0) is 20.9 Å². The number of carboxylic acids is 1. The number of rotatable bonds is 6. The van der Waals surface area contributed by atoms with Crippen molar-refractivity contribution >= 4 is 11.9 Å². The lowest BCUT2D eigenvalue weighted by molar-refractivity contribution is -0.141. The molecule has 1 aromatic rings. The molecule has 5 heteroatoms. The van der Waals surface area contributed by atoms with E-state index in [-0.39, 0.29) is 12.5 Å². The summed E-state index contributed by atoms with van der Waals surface area (Å²) in [6, 6.07) is 7.45. The van der Waals surface area contributed by atoms with Crippen molar-refractivity contribution < 1.29 is 19.4 Å². The van der Waals surface area contributed by atoms with Gasteiger partial charge in [-0.05, 0) is 24.5 Å². The zero-order chi connectivity index (χ0) is 15.2. The largest absolute Gasteiger partial charge is 0.481 e. The first-order valence-corrected chi connectivity index (χ1v) is 7.29. The monoisotopic (exact) mass is 291 g/mol. The van der Waals surface area contributed by atoms with Crippen molar-refractivity contribution in [1.29, 1.82) is 0 Å². The van der Waals surface area contributed by atoms with E-state index in [0.717, 1.165) is 11.1 Å². The van der Waals surface area contributed by atoms with Gasteiger partial charge in [-0.1, -0.05) is 24.3 Å². The second-order valence-corrected chi connectivity index (χ2v) is 5.16. The highest BCUT2D eigenvalue weighted by atomic mass is 16.5. The highest BCUT2D eigenvalue weighted by Gasteiger charge is 2.31. The van der Waals surface area contributed by atoms with Crippen molar-refractivity contribution in [1.82, 2.24) is 4.90 Å². The highest BCUT2D eigenvalue weighted by molar-refractivity contribution is 5.81. The van der Waals surface area contributed by atoms with Gasteiger partial charge in [-0.15, -0.1) is 0 Å². The standard InChI is InChI=1S/C16H21NO4/c1-2-21-9-5-8-15(18)17-10-12-6-3-4-7-13(12)14(11-17)16(19)20/h3-4,6-7,14H,2,5,8-11H2,1H3,(H,19,20). The fourth-order valence-electron chi connectivity index (χ4n) is 2.64. The Morgan fingerprint density at radius 1 is 1.38 bits per heavy atom. The van der Waals surface area contributed by atoms with Crippen LogP contribution in [-0.4, -0.2) is 41.6 Å². The summed E-state index contributed by atoms with van der Waals surface area (Å²) in [5, 5.41) is 9.37. The van der Waals surface area contributed by atoms with Gasteiger partial charge >= 0.3 is 5.97 Å². The molecule has 0 aliphatic carbocycles. The van der Waals surface area contributed by atoms with Crippen LogP contribution in [0.5, 0.6) is 0 Å². The predicted octanol–water partition coefficient (Wildman–Crippen LogP) is 2.01. The third-order valence-electron chi connectivity index (χ3n) is 3.73. The molecule has 1 N–H and O–H groups in total. The van der Waals surface area contributed by atoms with Gasteiger partial charge in [0.15, 0.2) is 0 Å². The Bertz CT molecular complexity index is 515. The summed E-state index contributed by atoms with van der Waals surface area (Å²) in [5.74, 6) is -1.52. The predicted molar refractivity (Wildman–Crippen MR) is 78.0 cm³/mol. The van der Waals surface area contributed by atoms with E-state index in [0.29, 0.717) is 32.6 Å². The van der Waals surface area contributed by atoms with Crippen LogP contribution >= 0.6 is 0 Å². The second kappa shape index (κ2) is 7.22. The molecule has 1 aliphatic rings. The molecule has 1 aliphatic heterocycles. The summed E-state index contributed by atoms with van der Waals surface area (Å²) >= 11 is 0. The van der Waals surface area contributed by atoms with E-state index in [1.54, 1.807) is 4.90 Å². The van der Waals surface area contributed by atoms with Gasteiger partial charge in [0.05, 0.1) is 5.92 Å². The van der Waals surface area contributed by atoms with Crippen LogP contribution in [0.25, 0.3) is 0 Å². The molecular weight excluding hydrogens is 270 g/mol. The van der Waals surface area contributed by atoms with Crippen molar-refractivity contribution in [2.75, 3.05) is 19.8 Å². The van der Waals surface area contributed by atoms with Gasteiger partial charge in [0.1, 0.15) is 0 Å². The Morgan fingerprint density at radius 3 is 2.86 bits per heavy atom. The quantitative estimate of drug-likeness (QED) is 0.814. The number of benzene rings is 1. The number of carbonyl (C=O) groups is 2. The SMILES string of the molecule is CCOCCCC(=O)N1Cc2ccccc2C(C(=O)O)C1. The molecule has 0 aromatic heterocycles. The molecule has 21 heavy (non-hydrogen) atoms. The maximum absolute atomic E-state index is 12.2. The maximum atomic E-state index is 12.2. The summed E-state index contributed by atoms with van der Waals surface area (Å²) in [5.41, 5.74) is 1.75. The Balaban J connectivity index is 2.03. The summed E-state index contributed by atoms with van der Waals surface area (Å²) in [4.78, 5) is 25.3. The average Bonchev–Trinajstić information content (AvgIpc) is 2.50. The number of amides is 1. The van der Waals surface area contributed by atoms with Crippen molar-refractivity contribution in [3.63, 3.8) is 0 Å². The number of nitrogens with zero attached hydrogens (tertiary/aromatic N) is 1. The second-order valence-electron chi connectivity index (χ2n) is 5.16. The van der Waals surface area contributed by atoms with E-state index in [1.807, 2.05) is 31.2 Å². The first kappa shape index (κ1) is 15.5. The lowest BCUT2D eigenvalue weighted by Gasteiger charge is -2.33. The number of aliphatic carboxylic acids is 1. The average molecular weight is 291 g/mol. The van der Waals surface area contributed by atoms with Gasteiger partial charge in [0.2, 0.25) is 5.91 Å². The van der Waals surface area contributed by atoms with E-state index in [1.165, 1.54) is 0 Å². The molecule has 1 unspecified atom stereocenters. The number of carboxylic acid groups (broad SMARTS) is 1. The lowest BCUT2D eigenvalue weighted by atomic mass is 9.89. The van der Waals surface area contributed by atoms with Crippen LogP contribution in [0.1, 0.15) is 36.8 Å². The molecule has 1 amide bonds. The minimum Gasteiger partial charge on any atom is -0.481 e. The van der Waals surface area contributed by atoms with E-state index in [2.05, 4.69) is 0 Å². The molecule has 0 bridgehead atoms. The van der Waals surface area contributed by atoms with E-state index < -0.39 is 11.9 Å². The highest BCUT2D eigenvalue weighted by Crippen LogP contribution is 2.28. The van der Waals surface area contributed by atoms with Crippen LogP contribution in [0.3, 0.4) is 0 Å². The Labute approximate surface area is 124 Å². The van der Waals surface area contributed by atoms with Gasteiger partial charge in [-0.3, -0.25) is 9.59 Å². The Morgan fingerprint density at radius 2 is 2.14 bits per heavy atom. The summed E-state index contributed by atoms with van der Waals surface area (Å²) in [6.07, 6.45) is 1.07. The van der Waals surface area contributed by atoms with E-state index >= 15 is 0 Å². The minimum atomic E-state index is -0.880. The molecule has 1 atom stereocenters. The van der Waals surface area contributed by atoms with E-state index in [4.69, 9.17) is 4.74 Å². The van der Waals surface area contributed by atoms with Crippen molar-refractivity contribution in [2.45, 2.75) is 32.2 Å². The maximum Gasteiger partial charge on any atom is 0.312 e. The molecule has 114 valence electrons. The molecule has 1 aromatic carbocycles. The molecule has 0 radical (unpaired) electrons. The molecular formula is C16H21NO4. The Hall–Kier alpha value is -1.88. The molecule has 1 heterocycles. The van der Waals surface area contributed by atoms with Crippen molar-refractivity contribution in [3.8, 4) is 0 Å². The normalized spacial score (nSPS) is 17.4. The molecule has 0 spiro atoms. The van der Waals surface area contributed by atoms with Crippen LogP contribution in [0, 0.1) is 0 Å². The van der Waals surface area contributed by atoms with Crippen molar-refractivity contribution in [3.05, 3.63) is 35.4 Å². The molecule has 5 nitrogen and oxygen atoms in total. The smallest absolute Gasteiger partial charge is 0.312 e. The molecule has 2 rings (SSSR count). The van der Waals surface area contributed by atoms with Crippen molar-refractivity contribution in [2.24, 2.45) is 0 Å². The van der Waals surface area contributed by atoms with Crippen LogP contribution in [0.2, 0.25) is 0 Å². The summed E-state index contributed by atoms with van der Waals surface area (Å²) < 4.78 is 5.22. The lowest BCUT2D eigenvalue weighted by Crippen LogP contribution is -2.40.